The third-order valence-electron chi connectivity index (χ3n) is 7.65. The molecule has 35 heavy (non-hydrogen) atoms. The molecular weight excluding hydrogens is 466 g/mol. The van der Waals surface area contributed by atoms with Crippen LogP contribution in [0.3, 0.4) is 0 Å². The largest absolute Gasteiger partial charge is 0.497 e. The molecule has 0 bridgehead atoms. The van der Waals surface area contributed by atoms with Crippen LogP contribution in [0.2, 0.25) is 0 Å². The molecule has 8 nitrogen and oxygen atoms in total. The number of likely N-dealkylation sites (tertiary alicyclic amines) is 2. The molecule has 0 aromatic heterocycles. The monoisotopic (exact) mass is 509 g/mol. The van der Waals surface area contributed by atoms with E-state index in [-0.39, 0.29) is 25.7 Å². The van der Waals surface area contributed by atoms with Crippen LogP contribution < -0.4 is 4.74 Å². The molecule has 0 atom stereocenters. The first-order chi connectivity index (χ1) is 16.7. The molecule has 0 unspecified atom stereocenters. The summed E-state index contributed by atoms with van der Waals surface area (Å²) in [6.45, 7) is 10.0. The normalized spacial score (nSPS) is 18.9. The number of hydrogen-bond donors (Lipinski definition) is 0. The van der Waals surface area contributed by atoms with E-state index in [1.807, 2.05) is 11.8 Å². The summed E-state index contributed by atoms with van der Waals surface area (Å²) >= 11 is 0. The summed E-state index contributed by atoms with van der Waals surface area (Å²) in [5.41, 5.74) is 1.31. The molecule has 0 saturated carbocycles. The maximum Gasteiger partial charge on any atom is 0.248 e. The summed E-state index contributed by atoms with van der Waals surface area (Å²) in [6, 6.07) is 3.47. The molecule has 2 aliphatic rings. The molecule has 1 amide bonds. The molecule has 3 rings (SSSR count). The third-order valence-corrected chi connectivity index (χ3v) is 9.93. The van der Waals surface area contributed by atoms with Gasteiger partial charge in [-0.15, -0.1) is 0 Å². The van der Waals surface area contributed by atoms with Crippen molar-refractivity contribution in [3.63, 3.8) is 0 Å². The van der Waals surface area contributed by atoms with Gasteiger partial charge < -0.3 is 19.3 Å². The molecule has 1 aromatic rings. The highest BCUT2D eigenvalue weighted by atomic mass is 32.2. The van der Waals surface area contributed by atoms with Gasteiger partial charge in [0.25, 0.3) is 0 Å². The Hall–Kier alpha value is -1.68. The number of aryl methyl sites for hydroxylation is 2. The van der Waals surface area contributed by atoms with Gasteiger partial charge in [-0.25, -0.2) is 8.42 Å². The number of methoxy groups -OCH3 is 1. The quantitative estimate of drug-likeness (QED) is 0.451. The average Bonchev–Trinajstić information content (AvgIpc) is 2.83. The maximum absolute atomic E-state index is 13.3. The number of piperidine rings is 2. The van der Waals surface area contributed by atoms with Crippen molar-refractivity contribution in [2.24, 2.45) is 11.8 Å². The Morgan fingerprint density at radius 1 is 1.03 bits per heavy atom. The molecule has 9 heteroatoms. The fourth-order valence-corrected chi connectivity index (χ4v) is 7.39. The van der Waals surface area contributed by atoms with Crippen molar-refractivity contribution in [1.29, 1.82) is 0 Å². The number of hydrogen-bond acceptors (Lipinski definition) is 6. The van der Waals surface area contributed by atoms with Crippen LogP contribution in [0.15, 0.2) is 17.0 Å². The van der Waals surface area contributed by atoms with Gasteiger partial charge in [0.15, 0.2) is 0 Å². The molecule has 0 spiro atoms. The van der Waals surface area contributed by atoms with Gasteiger partial charge in [0.2, 0.25) is 15.9 Å². The zero-order chi connectivity index (χ0) is 25.6. The number of sulfonamides is 1. The predicted octanol–water partition coefficient (Wildman–Crippen LogP) is 2.92. The molecule has 2 saturated heterocycles. The van der Waals surface area contributed by atoms with Gasteiger partial charge in [-0.3, -0.25) is 4.79 Å². The molecule has 2 fully saturated rings. The van der Waals surface area contributed by atoms with Crippen LogP contribution >= 0.6 is 0 Å². The standard InChI is InChI=1S/C26H43N3O5S/c1-6-29(35(31,32)26-20(2)17-24(33-5)18-21(26)3)15-16-34-19-25(30)28-13-9-23(10-14-28)22-7-11-27(4)12-8-22/h17-18,22-23H,6-16,19H2,1-5H3. The topological polar surface area (TPSA) is 79.4 Å². The van der Waals surface area contributed by atoms with Crippen LogP contribution in [-0.2, 0) is 19.6 Å². The van der Waals surface area contributed by atoms with Crippen LogP contribution in [0.25, 0.3) is 0 Å². The predicted molar refractivity (Wildman–Crippen MR) is 137 cm³/mol. The third kappa shape index (κ3) is 6.96. The van der Waals surface area contributed by atoms with Crippen LogP contribution in [-0.4, -0.2) is 95.1 Å². The lowest BCUT2D eigenvalue weighted by Crippen LogP contribution is -2.43. The van der Waals surface area contributed by atoms with E-state index in [0.717, 1.165) is 37.8 Å². The zero-order valence-electron chi connectivity index (χ0n) is 22.1. The first kappa shape index (κ1) is 27.9. The van der Waals surface area contributed by atoms with Crippen molar-refractivity contribution in [1.82, 2.24) is 14.1 Å². The van der Waals surface area contributed by atoms with Gasteiger partial charge in [0.05, 0.1) is 18.6 Å². The highest BCUT2D eigenvalue weighted by Gasteiger charge is 2.30. The van der Waals surface area contributed by atoms with Crippen molar-refractivity contribution in [3.05, 3.63) is 23.3 Å². The number of likely N-dealkylation sites (N-methyl/N-ethyl adjacent to an activating group) is 1. The minimum atomic E-state index is -3.68. The highest BCUT2D eigenvalue weighted by molar-refractivity contribution is 7.89. The van der Waals surface area contributed by atoms with Gasteiger partial charge in [0, 0.05) is 26.2 Å². The number of carbonyl (C=O) groups is 1. The Labute approximate surface area is 211 Å². The fraction of sp³-hybridized carbons (Fsp3) is 0.731. The Morgan fingerprint density at radius 3 is 2.09 bits per heavy atom. The summed E-state index contributed by atoms with van der Waals surface area (Å²) in [5, 5.41) is 0. The maximum atomic E-state index is 13.3. The minimum absolute atomic E-state index is 0.000392. The van der Waals surface area contributed by atoms with Crippen molar-refractivity contribution in [2.45, 2.75) is 51.3 Å². The van der Waals surface area contributed by atoms with Gasteiger partial charge in [-0.1, -0.05) is 6.92 Å². The Kier molecular flexibility index (Phi) is 9.98. The Balaban J connectivity index is 1.45. The molecule has 2 heterocycles. The number of carbonyl (C=O) groups excluding carboxylic acids is 1. The molecule has 198 valence electrons. The van der Waals surface area contributed by atoms with Crippen molar-refractivity contribution < 1.29 is 22.7 Å². The first-order valence-corrected chi connectivity index (χ1v) is 14.3. The van der Waals surface area contributed by atoms with Crippen LogP contribution in [0.1, 0.15) is 43.7 Å². The van der Waals surface area contributed by atoms with E-state index in [1.54, 1.807) is 33.1 Å². The van der Waals surface area contributed by atoms with Crippen LogP contribution in [0, 0.1) is 25.7 Å². The van der Waals surface area contributed by atoms with Crippen molar-refractivity contribution >= 4 is 15.9 Å². The van der Waals surface area contributed by atoms with Gasteiger partial charge >= 0.3 is 0 Å². The average molecular weight is 510 g/mol. The summed E-state index contributed by atoms with van der Waals surface area (Å²) in [4.78, 5) is 17.3. The highest BCUT2D eigenvalue weighted by Crippen LogP contribution is 2.32. The van der Waals surface area contributed by atoms with E-state index in [4.69, 9.17) is 9.47 Å². The zero-order valence-corrected chi connectivity index (χ0v) is 22.9. The number of ether oxygens (including phenoxy) is 2. The molecule has 1 aromatic carbocycles. The molecule has 0 aliphatic carbocycles. The molecule has 0 radical (unpaired) electrons. The van der Waals surface area contributed by atoms with E-state index in [2.05, 4.69) is 11.9 Å². The number of nitrogens with zero attached hydrogens (tertiary/aromatic N) is 3. The summed E-state index contributed by atoms with van der Waals surface area (Å²) in [7, 11) is 0.0754. The minimum Gasteiger partial charge on any atom is -0.497 e. The van der Waals surface area contributed by atoms with E-state index >= 15 is 0 Å². The summed E-state index contributed by atoms with van der Waals surface area (Å²) in [5.74, 6) is 2.15. The second-order valence-corrected chi connectivity index (χ2v) is 11.9. The van der Waals surface area contributed by atoms with Crippen molar-refractivity contribution in [2.75, 3.05) is 66.6 Å². The fourth-order valence-electron chi connectivity index (χ4n) is 5.55. The van der Waals surface area contributed by atoms with Crippen LogP contribution in [0.5, 0.6) is 5.75 Å². The lowest BCUT2D eigenvalue weighted by molar-refractivity contribution is -0.137. The van der Waals surface area contributed by atoms with Gasteiger partial charge in [0.1, 0.15) is 12.4 Å². The Bertz CT molecular complexity index is 929. The second kappa shape index (κ2) is 12.5. The lowest BCUT2D eigenvalue weighted by atomic mass is 9.79. The second-order valence-electron chi connectivity index (χ2n) is 10.00. The summed E-state index contributed by atoms with van der Waals surface area (Å²) < 4.78 is 38.9. The SMILES string of the molecule is CCN(CCOCC(=O)N1CCC(C2CCN(C)CC2)CC1)S(=O)(=O)c1c(C)cc(OC)cc1C. The van der Waals surface area contributed by atoms with Gasteiger partial charge in [-0.05, 0) is 94.8 Å². The molecule has 2 aliphatic heterocycles. The molecule has 0 N–H and O–H groups in total. The smallest absolute Gasteiger partial charge is 0.248 e. The number of benzene rings is 1. The van der Waals surface area contributed by atoms with Gasteiger partial charge in [-0.2, -0.15) is 4.31 Å². The molecular formula is C26H43N3O5S. The number of rotatable bonds is 10. The first-order valence-electron chi connectivity index (χ1n) is 12.9. The van der Waals surface area contributed by atoms with E-state index in [9.17, 15) is 13.2 Å². The van der Waals surface area contributed by atoms with E-state index in [0.29, 0.717) is 28.3 Å². The Morgan fingerprint density at radius 2 is 1.57 bits per heavy atom. The number of amides is 1. The lowest BCUT2D eigenvalue weighted by Gasteiger charge is -2.39. The van der Waals surface area contributed by atoms with Crippen molar-refractivity contribution in [3.8, 4) is 5.75 Å². The van der Waals surface area contributed by atoms with E-state index in [1.165, 1.54) is 30.2 Å². The summed E-state index contributed by atoms with van der Waals surface area (Å²) in [6.07, 6.45) is 4.68. The van der Waals surface area contributed by atoms with E-state index < -0.39 is 10.0 Å². The van der Waals surface area contributed by atoms with Crippen LogP contribution in [0.4, 0.5) is 0 Å².